The van der Waals surface area contributed by atoms with Crippen LogP contribution >= 0.6 is 0 Å². The van der Waals surface area contributed by atoms with Crippen molar-refractivity contribution >= 4 is 0 Å². The first-order chi connectivity index (χ1) is 4.24. The maximum atomic E-state index is 8.91. The van der Waals surface area contributed by atoms with E-state index in [1.165, 1.54) is 0 Å². The van der Waals surface area contributed by atoms with Crippen LogP contribution < -0.4 is 5.32 Å². The lowest BCUT2D eigenvalue weighted by Gasteiger charge is -2.28. The van der Waals surface area contributed by atoms with Gasteiger partial charge >= 0.3 is 0 Å². The van der Waals surface area contributed by atoms with Gasteiger partial charge in [0.25, 0.3) is 0 Å². The van der Waals surface area contributed by atoms with Gasteiger partial charge in [0.2, 0.25) is 0 Å². The summed E-state index contributed by atoms with van der Waals surface area (Å²) in [6.07, 6.45) is 1.97. The molecular formula is C7H17NO. The van der Waals surface area contributed by atoms with E-state index in [1.54, 1.807) is 0 Å². The molecule has 2 N–H and O–H groups in total. The Kier molecular flexibility index (Phi) is 3.82. The van der Waals surface area contributed by atoms with Crippen LogP contribution in [0.3, 0.4) is 0 Å². The molecule has 0 atom stereocenters. The fraction of sp³-hybridized carbons (Fsp3) is 1.00. The normalized spacial score (nSPS) is 12.0. The summed E-state index contributed by atoms with van der Waals surface area (Å²) in [7, 11) is 1.89. The zero-order valence-electron chi connectivity index (χ0n) is 6.57. The van der Waals surface area contributed by atoms with Crippen molar-refractivity contribution in [1.29, 1.82) is 0 Å². The summed E-state index contributed by atoms with van der Waals surface area (Å²) < 4.78 is 0. The van der Waals surface area contributed by atoms with Gasteiger partial charge in [-0.25, -0.2) is 0 Å². The molecule has 0 aliphatic rings. The van der Waals surface area contributed by atoms with Gasteiger partial charge in [-0.1, -0.05) is 13.8 Å². The number of hydrogen-bond donors (Lipinski definition) is 2. The first-order valence-corrected chi connectivity index (χ1v) is 3.54. The van der Waals surface area contributed by atoms with E-state index in [0.717, 1.165) is 12.8 Å². The molecule has 0 aliphatic carbocycles. The third-order valence-corrected chi connectivity index (χ3v) is 2.19. The zero-order chi connectivity index (χ0) is 7.33. The molecule has 0 saturated carbocycles. The van der Waals surface area contributed by atoms with Crippen LogP contribution in [0.5, 0.6) is 0 Å². The standard InChI is InChI=1S/C7H17NO/c1-4-7(5-2,6-9)8-3/h8-9H,4-6H2,1-3H3. The summed E-state index contributed by atoms with van der Waals surface area (Å²) in [6, 6.07) is 0. The van der Waals surface area contributed by atoms with Crippen LogP contribution in [0, 0.1) is 0 Å². The molecule has 0 heterocycles. The van der Waals surface area contributed by atoms with Crippen molar-refractivity contribution in [3.05, 3.63) is 0 Å². The van der Waals surface area contributed by atoms with Gasteiger partial charge in [0.1, 0.15) is 0 Å². The maximum Gasteiger partial charge on any atom is 0.0613 e. The molecule has 0 aromatic rings. The highest BCUT2D eigenvalue weighted by Crippen LogP contribution is 2.12. The highest BCUT2D eigenvalue weighted by atomic mass is 16.3. The van der Waals surface area contributed by atoms with Gasteiger partial charge < -0.3 is 10.4 Å². The summed E-state index contributed by atoms with van der Waals surface area (Å²) in [4.78, 5) is 0. The van der Waals surface area contributed by atoms with Crippen molar-refractivity contribution in [3.8, 4) is 0 Å². The van der Waals surface area contributed by atoms with Crippen LogP contribution in [-0.2, 0) is 0 Å². The predicted octanol–water partition coefficient (Wildman–Crippen LogP) is 0.757. The number of likely N-dealkylation sites (N-methyl/N-ethyl adjacent to an activating group) is 1. The van der Waals surface area contributed by atoms with E-state index in [9.17, 15) is 0 Å². The molecule has 2 nitrogen and oxygen atoms in total. The van der Waals surface area contributed by atoms with E-state index < -0.39 is 0 Å². The summed E-state index contributed by atoms with van der Waals surface area (Å²) >= 11 is 0. The molecule has 0 rings (SSSR count). The molecule has 0 saturated heterocycles. The van der Waals surface area contributed by atoms with E-state index in [2.05, 4.69) is 19.2 Å². The second kappa shape index (κ2) is 3.85. The highest BCUT2D eigenvalue weighted by molar-refractivity contribution is 4.82. The van der Waals surface area contributed by atoms with Gasteiger partial charge in [0.15, 0.2) is 0 Å². The Bertz CT molecular complexity index is 51.8. The lowest BCUT2D eigenvalue weighted by Crippen LogP contribution is -2.45. The van der Waals surface area contributed by atoms with Gasteiger partial charge in [-0.05, 0) is 19.9 Å². The summed E-state index contributed by atoms with van der Waals surface area (Å²) in [5.41, 5.74) is -0.0278. The van der Waals surface area contributed by atoms with Crippen LogP contribution in [0.15, 0.2) is 0 Å². The quantitative estimate of drug-likeness (QED) is 0.590. The van der Waals surface area contributed by atoms with Crippen molar-refractivity contribution in [2.24, 2.45) is 0 Å². The topological polar surface area (TPSA) is 32.3 Å². The minimum Gasteiger partial charge on any atom is -0.394 e. The van der Waals surface area contributed by atoms with Crippen LogP contribution in [0.4, 0.5) is 0 Å². The lowest BCUT2D eigenvalue weighted by atomic mass is 9.94. The minimum absolute atomic E-state index is 0.0278. The number of rotatable bonds is 4. The van der Waals surface area contributed by atoms with E-state index >= 15 is 0 Å². The number of hydrogen-bond acceptors (Lipinski definition) is 2. The Labute approximate surface area is 57.3 Å². The number of aliphatic hydroxyl groups excluding tert-OH is 1. The Morgan fingerprint density at radius 2 is 1.78 bits per heavy atom. The maximum absolute atomic E-state index is 8.91. The van der Waals surface area contributed by atoms with Crippen LogP contribution in [0.25, 0.3) is 0 Å². The van der Waals surface area contributed by atoms with Crippen molar-refractivity contribution < 1.29 is 5.11 Å². The molecule has 0 unspecified atom stereocenters. The van der Waals surface area contributed by atoms with Crippen molar-refractivity contribution in [1.82, 2.24) is 5.32 Å². The Hall–Kier alpha value is -0.0800. The lowest BCUT2D eigenvalue weighted by molar-refractivity contribution is 0.159. The average molecular weight is 131 g/mol. The zero-order valence-corrected chi connectivity index (χ0v) is 6.57. The molecule has 56 valence electrons. The third kappa shape index (κ3) is 1.95. The molecule has 0 aliphatic heterocycles. The Balaban J connectivity index is 3.82. The van der Waals surface area contributed by atoms with E-state index in [0.29, 0.717) is 0 Å². The highest BCUT2D eigenvalue weighted by Gasteiger charge is 2.21. The first-order valence-electron chi connectivity index (χ1n) is 3.54. The Morgan fingerprint density at radius 1 is 1.33 bits per heavy atom. The van der Waals surface area contributed by atoms with E-state index in [4.69, 9.17) is 5.11 Å². The second-order valence-electron chi connectivity index (χ2n) is 2.40. The first kappa shape index (κ1) is 8.92. The molecule has 0 amide bonds. The van der Waals surface area contributed by atoms with E-state index in [1.807, 2.05) is 7.05 Å². The van der Waals surface area contributed by atoms with Gasteiger partial charge in [0.05, 0.1) is 6.61 Å². The second-order valence-corrected chi connectivity index (χ2v) is 2.40. The van der Waals surface area contributed by atoms with Crippen molar-refractivity contribution in [3.63, 3.8) is 0 Å². The van der Waals surface area contributed by atoms with Crippen LogP contribution in [0.2, 0.25) is 0 Å². The fourth-order valence-electron chi connectivity index (χ4n) is 0.906. The monoisotopic (exact) mass is 131 g/mol. The van der Waals surface area contributed by atoms with Gasteiger partial charge in [-0.2, -0.15) is 0 Å². The summed E-state index contributed by atoms with van der Waals surface area (Å²) in [5, 5.41) is 12.0. The van der Waals surface area contributed by atoms with Crippen LogP contribution in [-0.4, -0.2) is 24.3 Å². The van der Waals surface area contributed by atoms with Gasteiger partial charge in [0, 0.05) is 5.54 Å². The third-order valence-electron chi connectivity index (χ3n) is 2.19. The SMILES string of the molecule is CCC(CC)(CO)NC. The predicted molar refractivity (Wildman–Crippen MR) is 39.5 cm³/mol. The molecule has 0 fully saturated rings. The average Bonchev–Trinajstić information content (AvgIpc) is 1.95. The summed E-state index contributed by atoms with van der Waals surface area (Å²) in [5.74, 6) is 0. The van der Waals surface area contributed by atoms with E-state index in [-0.39, 0.29) is 12.1 Å². The summed E-state index contributed by atoms with van der Waals surface area (Å²) in [6.45, 7) is 4.39. The number of aliphatic hydroxyl groups is 1. The molecule has 0 spiro atoms. The van der Waals surface area contributed by atoms with Crippen LogP contribution in [0.1, 0.15) is 26.7 Å². The molecule has 2 heteroatoms. The van der Waals surface area contributed by atoms with Crippen molar-refractivity contribution in [2.45, 2.75) is 32.2 Å². The smallest absolute Gasteiger partial charge is 0.0613 e. The number of nitrogens with one attached hydrogen (secondary N) is 1. The van der Waals surface area contributed by atoms with Gasteiger partial charge in [-0.3, -0.25) is 0 Å². The molecule has 0 aromatic carbocycles. The fourth-order valence-corrected chi connectivity index (χ4v) is 0.906. The molecule has 0 bridgehead atoms. The largest absolute Gasteiger partial charge is 0.394 e. The van der Waals surface area contributed by atoms with Gasteiger partial charge in [-0.15, -0.1) is 0 Å². The Morgan fingerprint density at radius 3 is 1.78 bits per heavy atom. The minimum atomic E-state index is -0.0278. The van der Waals surface area contributed by atoms with Crippen molar-refractivity contribution in [2.75, 3.05) is 13.7 Å². The molecule has 0 aromatic heterocycles. The molecule has 0 radical (unpaired) electrons. The molecular weight excluding hydrogens is 114 g/mol. The molecule has 9 heavy (non-hydrogen) atoms.